The number of hydrogen-bond acceptors (Lipinski definition) is 6. The van der Waals surface area contributed by atoms with Gasteiger partial charge in [0.15, 0.2) is 6.10 Å². The van der Waals surface area contributed by atoms with Crippen LogP contribution in [0.15, 0.2) is 182 Å². The van der Waals surface area contributed by atoms with Gasteiger partial charge in [0.2, 0.25) is 0 Å². The van der Waals surface area contributed by atoms with Crippen LogP contribution in [0.4, 0.5) is 0 Å². The Hall–Kier alpha value is -5.49. The Labute approximate surface area is 510 Å². The average molecular weight is 1140 g/mol. The summed E-state index contributed by atoms with van der Waals surface area (Å²) in [7, 11) is 0. The highest BCUT2D eigenvalue weighted by Gasteiger charge is 2.19. The van der Waals surface area contributed by atoms with E-state index in [1.54, 1.807) is 0 Å². The van der Waals surface area contributed by atoms with Gasteiger partial charge in [0.05, 0.1) is 0 Å². The average Bonchev–Trinajstić information content (AvgIpc) is 3.49. The number of allylic oxidation sites excluding steroid dienone is 30. The Morgan fingerprint density at radius 2 is 0.494 bits per heavy atom. The van der Waals surface area contributed by atoms with Crippen LogP contribution >= 0.6 is 0 Å². The Balaban J connectivity index is 4.44. The summed E-state index contributed by atoms with van der Waals surface area (Å²) in [4.78, 5) is 38.3. The smallest absolute Gasteiger partial charge is 0.306 e. The quantitative estimate of drug-likeness (QED) is 0.0261. The van der Waals surface area contributed by atoms with E-state index in [4.69, 9.17) is 14.2 Å². The zero-order chi connectivity index (χ0) is 59.9. The molecule has 0 rings (SSSR count). The van der Waals surface area contributed by atoms with Gasteiger partial charge < -0.3 is 14.2 Å². The number of unbranched alkanes of at least 4 members (excludes halogenated alkanes) is 17. The lowest BCUT2D eigenvalue weighted by Gasteiger charge is -2.18. The molecule has 0 saturated carbocycles. The molecule has 83 heavy (non-hydrogen) atoms. The molecule has 0 amide bonds. The monoisotopic (exact) mass is 1140 g/mol. The van der Waals surface area contributed by atoms with Gasteiger partial charge in [-0.2, -0.15) is 0 Å². The molecule has 0 aliphatic rings. The zero-order valence-electron chi connectivity index (χ0n) is 53.1. The molecule has 1 atom stereocenters. The lowest BCUT2D eigenvalue weighted by molar-refractivity contribution is -0.167. The van der Waals surface area contributed by atoms with Gasteiger partial charge >= 0.3 is 17.9 Å². The van der Waals surface area contributed by atoms with Crippen molar-refractivity contribution in [3.63, 3.8) is 0 Å². The summed E-state index contributed by atoms with van der Waals surface area (Å²) >= 11 is 0. The van der Waals surface area contributed by atoms with Crippen molar-refractivity contribution in [1.29, 1.82) is 0 Å². The first-order valence-electron chi connectivity index (χ1n) is 33.3. The maximum atomic E-state index is 12.9. The summed E-state index contributed by atoms with van der Waals surface area (Å²) in [6, 6.07) is 0. The van der Waals surface area contributed by atoms with Crippen LogP contribution in [-0.2, 0) is 28.6 Å². The van der Waals surface area contributed by atoms with Gasteiger partial charge in [-0.1, -0.05) is 267 Å². The first kappa shape index (κ1) is 77.5. The molecule has 0 radical (unpaired) electrons. The van der Waals surface area contributed by atoms with Crippen molar-refractivity contribution in [2.45, 2.75) is 271 Å². The van der Waals surface area contributed by atoms with Gasteiger partial charge in [0.25, 0.3) is 0 Å². The highest BCUT2D eigenvalue weighted by molar-refractivity contribution is 5.71. The number of rotatable bonds is 58. The number of carbonyl (C=O) groups is 3. The number of hydrogen-bond donors (Lipinski definition) is 0. The molecule has 0 spiro atoms. The minimum Gasteiger partial charge on any atom is -0.462 e. The molecule has 0 aromatic carbocycles. The second kappa shape index (κ2) is 69.0. The normalized spacial score (nSPS) is 13.3. The molecule has 0 fully saturated rings. The minimum absolute atomic E-state index is 0.113. The number of carbonyl (C=O) groups excluding carboxylic acids is 3. The third-order valence-electron chi connectivity index (χ3n) is 13.3. The van der Waals surface area contributed by atoms with Gasteiger partial charge in [0, 0.05) is 19.3 Å². The van der Waals surface area contributed by atoms with Crippen LogP contribution < -0.4 is 0 Å². The van der Waals surface area contributed by atoms with Gasteiger partial charge in [-0.05, 0) is 161 Å². The van der Waals surface area contributed by atoms with Crippen LogP contribution in [0.25, 0.3) is 0 Å². The van der Waals surface area contributed by atoms with Crippen molar-refractivity contribution in [3.8, 4) is 0 Å². The summed E-state index contributed by atoms with van der Waals surface area (Å²) in [5.41, 5.74) is 0. The SMILES string of the molecule is CC/C=C\C/C=C\C/C=C\C/C=C\C/C=C\C/C=C\C/C=C\C/C=C\C/C=C\C/C=C\CCCCC(=O)OCC(COC(=O)CCCCCCC/C=C\C/C=C\CCC)OC(=O)CCCCCCCC/C=C\C/C=C\C/C=C\CCCCC. The van der Waals surface area contributed by atoms with Crippen molar-refractivity contribution in [1.82, 2.24) is 0 Å². The number of ether oxygens (including phenoxy) is 3. The minimum atomic E-state index is -0.820. The zero-order valence-corrected chi connectivity index (χ0v) is 53.1. The van der Waals surface area contributed by atoms with Crippen LogP contribution in [-0.4, -0.2) is 37.2 Å². The fourth-order valence-corrected chi connectivity index (χ4v) is 8.40. The summed E-state index contributed by atoms with van der Waals surface area (Å²) in [6.07, 6.45) is 103. The van der Waals surface area contributed by atoms with Crippen LogP contribution in [0.2, 0.25) is 0 Å². The molecule has 0 aromatic heterocycles. The Kier molecular flexibility index (Phi) is 64.4. The first-order valence-corrected chi connectivity index (χ1v) is 33.3. The molecular formula is C77H120O6. The lowest BCUT2D eigenvalue weighted by Crippen LogP contribution is -2.30. The Morgan fingerprint density at radius 1 is 0.253 bits per heavy atom. The Bertz CT molecular complexity index is 1940. The predicted molar refractivity (Wildman–Crippen MR) is 361 cm³/mol. The van der Waals surface area contributed by atoms with E-state index >= 15 is 0 Å². The maximum absolute atomic E-state index is 12.9. The number of esters is 3. The summed E-state index contributed by atoms with van der Waals surface area (Å²) < 4.78 is 16.9. The van der Waals surface area contributed by atoms with E-state index in [1.165, 1.54) is 44.9 Å². The predicted octanol–water partition coefficient (Wildman–Crippen LogP) is 23.2. The fourth-order valence-electron chi connectivity index (χ4n) is 8.40. The molecular weight excluding hydrogens is 1020 g/mol. The molecule has 6 heteroatoms. The molecule has 0 saturated heterocycles. The molecule has 0 N–H and O–H groups in total. The van der Waals surface area contributed by atoms with Crippen molar-refractivity contribution >= 4 is 17.9 Å². The molecule has 0 aliphatic carbocycles. The topological polar surface area (TPSA) is 78.9 Å². The molecule has 1 unspecified atom stereocenters. The van der Waals surface area contributed by atoms with E-state index in [2.05, 4.69) is 203 Å². The third kappa shape index (κ3) is 67.2. The van der Waals surface area contributed by atoms with Crippen molar-refractivity contribution in [2.75, 3.05) is 13.2 Å². The largest absolute Gasteiger partial charge is 0.462 e. The van der Waals surface area contributed by atoms with Gasteiger partial charge in [-0.25, -0.2) is 0 Å². The summed E-state index contributed by atoms with van der Waals surface area (Å²) in [6.45, 7) is 6.36. The van der Waals surface area contributed by atoms with E-state index < -0.39 is 6.10 Å². The van der Waals surface area contributed by atoms with Gasteiger partial charge in [-0.3, -0.25) is 14.4 Å². The first-order chi connectivity index (χ1) is 41.0. The van der Waals surface area contributed by atoms with Crippen molar-refractivity contribution in [2.24, 2.45) is 0 Å². The maximum Gasteiger partial charge on any atom is 0.306 e. The lowest BCUT2D eigenvalue weighted by atomic mass is 10.1. The third-order valence-corrected chi connectivity index (χ3v) is 13.3. The van der Waals surface area contributed by atoms with E-state index in [0.717, 1.165) is 173 Å². The van der Waals surface area contributed by atoms with E-state index in [-0.39, 0.29) is 37.5 Å². The molecule has 0 aromatic rings. The van der Waals surface area contributed by atoms with Gasteiger partial charge in [0.1, 0.15) is 13.2 Å². The standard InChI is InChI=1S/C77H120O6/c1-4-7-10-13-16-19-22-25-27-29-31-32-33-34-35-36-37-38-39-40-41-42-43-44-46-47-49-52-55-58-61-64-67-70-76(79)82-73-74(72-81-75(78)69-66-63-60-57-54-51-24-21-18-15-12-9-6-3)83-77(80)71-68-65-62-59-56-53-50-48-45-30-28-26-23-20-17-14-11-8-5-2/h7,10,12,15-17,19-21,24-28,31-32,34-35,37-38,40-41,43-45,47-49,55,58,74H,4-6,8-9,11,13-14,18,22-23,29-30,33,36,39,42,46,50-54,56-57,59-73H2,1-3H3/b10-7-,15-12-,19-16-,20-17-,24-21-,27-25-,28-26-,32-31-,35-34-,38-37-,41-40-,44-43-,48-45-,49-47-,58-55-. The molecule has 0 bridgehead atoms. The molecule has 0 heterocycles. The highest BCUT2D eigenvalue weighted by Crippen LogP contribution is 2.13. The van der Waals surface area contributed by atoms with Crippen LogP contribution in [0.5, 0.6) is 0 Å². The molecule has 464 valence electrons. The van der Waals surface area contributed by atoms with E-state index in [9.17, 15) is 14.4 Å². The highest BCUT2D eigenvalue weighted by atomic mass is 16.6. The molecule has 0 aliphatic heterocycles. The van der Waals surface area contributed by atoms with Crippen molar-refractivity contribution < 1.29 is 28.6 Å². The fraction of sp³-hybridized carbons (Fsp3) is 0.571. The summed E-state index contributed by atoms with van der Waals surface area (Å²) in [5.74, 6) is -0.990. The van der Waals surface area contributed by atoms with Gasteiger partial charge in [-0.15, -0.1) is 0 Å². The van der Waals surface area contributed by atoms with E-state index in [0.29, 0.717) is 19.3 Å². The Morgan fingerprint density at radius 3 is 0.807 bits per heavy atom. The van der Waals surface area contributed by atoms with E-state index in [1.807, 2.05) is 0 Å². The summed E-state index contributed by atoms with van der Waals surface area (Å²) in [5, 5.41) is 0. The second-order valence-corrected chi connectivity index (χ2v) is 21.3. The van der Waals surface area contributed by atoms with Crippen LogP contribution in [0, 0.1) is 0 Å². The second-order valence-electron chi connectivity index (χ2n) is 21.3. The van der Waals surface area contributed by atoms with Crippen LogP contribution in [0.3, 0.4) is 0 Å². The van der Waals surface area contributed by atoms with Crippen LogP contribution in [0.1, 0.15) is 265 Å². The van der Waals surface area contributed by atoms with Crippen molar-refractivity contribution in [3.05, 3.63) is 182 Å². The molecule has 6 nitrogen and oxygen atoms in total.